The molecule has 2 saturated heterocycles. The number of nitrogens with zero attached hydrogens (tertiary/aromatic N) is 3. The molecule has 4 aliphatic rings. The van der Waals surface area contributed by atoms with E-state index in [4.69, 9.17) is 16.3 Å². The molecule has 8 rings (SSSR count). The minimum Gasteiger partial charge on any atom is -0.504 e. The number of nitro benzene ring substituents is 1. The summed E-state index contributed by atoms with van der Waals surface area (Å²) in [6.07, 6.45) is 5.90. The number of carbonyl (C=O) groups is 4. The van der Waals surface area contributed by atoms with Crippen molar-refractivity contribution in [2.24, 2.45) is 29.6 Å². The second-order valence-corrected chi connectivity index (χ2v) is 14.2. The number of hydrogen-bond donors (Lipinski definition) is 1. The molecule has 4 aromatic carbocycles. The van der Waals surface area contributed by atoms with Crippen LogP contribution in [0.5, 0.6) is 11.5 Å². The number of halogens is 1. The number of carbonyl (C=O) groups excluding carboxylic acids is 4. The summed E-state index contributed by atoms with van der Waals surface area (Å²) >= 11 is 6.38. The number of amides is 4. The van der Waals surface area contributed by atoms with Crippen molar-refractivity contribution in [3.8, 4) is 11.5 Å². The Morgan fingerprint density at radius 1 is 0.868 bits per heavy atom. The number of fused-ring (bicyclic) bond motifs is 4. The fourth-order valence-corrected chi connectivity index (χ4v) is 9.18. The van der Waals surface area contributed by atoms with Gasteiger partial charge >= 0.3 is 0 Å². The highest BCUT2D eigenvalue weighted by Crippen LogP contribution is 2.62. The zero-order valence-electron chi connectivity index (χ0n) is 28.3. The van der Waals surface area contributed by atoms with E-state index in [-0.39, 0.29) is 35.7 Å². The van der Waals surface area contributed by atoms with Crippen LogP contribution in [0.15, 0.2) is 115 Å². The summed E-state index contributed by atoms with van der Waals surface area (Å²) in [5.41, 5.74) is 0.763. The quantitative estimate of drug-likeness (QED) is 0.0938. The van der Waals surface area contributed by atoms with Crippen molar-refractivity contribution in [1.29, 1.82) is 0 Å². The van der Waals surface area contributed by atoms with Gasteiger partial charge in [-0.25, -0.2) is 9.80 Å². The second kappa shape index (κ2) is 12.9. The van der Waals surface area contributed by atoms with Crippen molar-refractivity contribution < 1.29 is 33.9 Å². The number of hydrogen-bond acceptors (Lipinski definition) is 8. The molecule has 6 unspecified atom stereocenters. The van der Waals surface area contributed by atoms with Gasteiger partial charge in [0.2, 0.25) is 23.6 Å². The Labute approximate surface area is 308 Å². The third kappa shape index (κ3) is 5.17. The number of ether oxygens (including phenoxy) is 1. The molecule has 0 spiro atoms. The van der Waals surface area contributed by atoms with Crippen LogP contribution in [0.4, 0.5) is 17.1 Å². The molecule has 4 amide bonds. The highest BCUT2D eigenvalue weighted by Gasteiger charge is 2.69. The molecule has 11 nitrogen and oxygen atoms in total. The van der Waals surface area contributed by atoms with Crippen molar-refractivity contribution in [1.82, 2.24) is 0 Å². The molecule has 53 heavy (non-hydrogen) atoms. The Hall–Kier alpha value is -6.07. The van der Waals surface area contributed by atoms with E-state index < -0.39 is 63.6 Å². The number of aromatic hydroxyl groups is 1. The van der Waals surface area contributed by atoms with Gasteiger partial charge in [-0.05, 0) is 66.3 Å². The zero-order chi connectivity index (χ0) is 37.2. The summed E-state index contributed by atoms with van der Waals surface area (Å²) in [6.45, 7) is 0. The lowest BCUT2D eigenvalue weighted by Gasteiger charge is -2.49. The minimum atomic E-state index is -1.45. The minimum absolute atomic E-state index is 0.0457. The first kappa shape index (κ1) is 34.0. The van der Waals surface area contributed by atoms with Gasteiger partial charge in [0.1, 0.15) is 0 Å². The Bertz CT molecular complexity index is 2290. The average Bonchev–Trinajstić information content (AvgIpc) is 3.55. The first-order chi connectivity index (χ1) is 25.6. The predicted molar refractivity (Wildman–Crippen MR) is 196 cm³/mol. The summed E-state index contributed by atoms with van der Waals surface area (Å²) in [4.78, 5) is 71.8. The van der Waals surface area contributed by atoms with Crippen LogP contribution < -0.4 is 14.5 Å². The lowest BCUT2D eigenvalue weighted by Crippen LogP contribution is -2.54. The van der Waals surface area contributed by atoms with Crippen LogP contribution in [0.1, 0.15) is 24.0 Å². The Morgan fingerprint density at radius 3 is 2.32 bits per heavy atom. The SMILES string of the molecule is COc1cc(C=CC2C3=CCC4C(=O)N(c5cccc([N+](=O)[O-])c5)C(=O)C4C3CC3C(=O)N(c4cccc(Cl)c4)C(=O)C23c2ccccc2)ccc1O. The standard InChI is InChI=1S/C41H32ClN3O8/c1-53-35-19-23(14-18-34(35)46)13-17-32-29-15-16-30-36(39(49)43(37(30)47)27-11-6-12-28(21-27)45(51)52)31(29)22-33-38(48)44(26-10-5-9-25(42)20-26)40(50)41(32,33)24-7-3-2-4-8-24/h2-15,17-21,30-33,36,46H,16,22H2,1H3. The number of benzene rings is 4. The lowest BCUT2D eigenvalue weighted by molar-refractivity contribution is -0.384. The van der Waals surface area contributed by atoms with Crippen LogP contribution in [0, 0.1) is 39.7 Å². The average molecular weight is 730 g/mol. The molecular weight excluding hydrogens is 698 g/mol. The van der Waals surface area contributed by atoms with Crippen LogP contribution in [0.3, 0.4) is 0 Å². The maximum atomic E-state index is 15.3. The van der Waals surface area contributed by atoms with Crippen molar-refractivity contribution in [3.63, 3.8) is 0 Å². The number of nitro groups is 1. The van der Waals surface area contributed by atoms with Gasteiger partial charge in [-0.3, -0.25) is 29.3 Å². The molecule has 2 aliphatic heterocycles. The molecule has 2 aliphatic carbocycles. The number of phenolic OH excluding ortho intramolecular Hbond substituents is 1. The van der Waals surface area contributed by atoms with E-state index in [1.165, 1.54) is 42.3 Å². The number of allylic oxidation sites excluding steroid dienone is 3. The summed E-state index contributed by atoms with van der Waals surface area (Å²) in [5.74, 6) is -5.60. The molecule has 12 heteroatoms. The van der Waals surface area contributed by atoms with Crippen molar-refractivity contribution in [3.05, 3.63) is 141 Å². The third-order valence-electron chi connectivity index (χ3n) is 11.2. The second-order valence-electron chi connectivity index (χ2n) is 13.7. The zero-order valence-corrected chi connectivity index (χ0v) is 29.1. The summed E-state index contributed by atoms with van der Waals surface area (Å²) in [7, 11) is 1.44. The Morgan fingerprint density at radius 2 is 1.60 bits per heavy atom. The number of imide groups is 2. The van der Waals surface area contributed by atoms with E-state index in [1.807, 2.05) is 42.5 Å². The van der Waals surface area contributed by atoms with E-state index in [1.54, 1.807) is 42.5 Å². The van der Waals surface area contributed by atoms with E-state index in [0.717, 1.165) is 10.5 Å². The largest absolute Gasteiger partial charge is 0.504 e. The van der Waals surface area contributed by atoms with E-state index >= 15 is 4.79 Å². The first-order valence-corrected chi connectivity index (χ1v) is 17.5. The van der Waals surface area contributed by atoms with Gasteiger partial charge in [-0.2, -0.15) is 0 Å². The van der Waals surface area contributed by atoms with Crippen LogP contribution >= 0.6 is 11.6 Å². The first-order valence-electron chi connectivity index (χ1n) is 17.1. The predicted octanol–water partition coefficient (Wildman–Crippen LogP) is 6.88. The molecular formula is C41H32ClN3O8. The maximum absolute atomic E-state index is 15.3. The maximum Gasteiger partial charge on any atom is 0.271 e. The number of methoxy groups -OCH3 is 1. The monoisotopic (exact) mass is 729 g/mol. The number of rotatable bonds is 7. The molecule has 6 atom stereocenters. The van der Waals surface area contributed by atoms with Crippen molar-refractivity contribution >= 4 is 58.4 Å². The molecule has 1 saturated carbocycles. The van der Waals surface area contributed by atoms with Crippen molar-refractivity contribution in [2.75, 3.05) is 16.9 Å². The van der Waals surface area contributed by atoms with E-state index in [2.05, 4.69) is 0 Å². The number of anilines is 2. The number of phenols is 1. The smallest absolute Gasteiger partial charge is 0.271 e. The summed E-state index contributed by atoms with van der Waals surface area (Å²) in [6, 6.07) is 26.0. The summed E-state index contributed by atoms with van der Waals surface area (Å²) in [5, 5.41) is 22.2. The molecule has 0 radical (unpaired) electrons. The molecule has 1 N–H and O–H groups in total. The fourth-order valence-electron chi connectivity index (χ4n) is 9.00. The fraction of sp³-hybridized carbons (Fsp3) is 0.220. The highest BCUT2D eigenvalue weighted by molar-refractivity contribution is 6.32. The molecule has 2 heterocycles. The van der Waals surface area contributed by atoms with Gasteiger partial charge in [0.05, 0.1) is 46.6 Å². The third-order valence-corrected chi connectivity index (χ3v) is 11.4. The topological polar surface area (TPSA) is 147 Å². The Balaban J connectivity index is 1.31. The van der Waals surface area contributed by atoms with Gasteiger partial charge in [0.15, 0.2) is 11.5 Å². The molecule has 0 bridgehead atoms. The lowest BCUT2D eigenvalue weighted by atomic mass is 9.50. The van der Waals surface area contributed by atoms with E-state index in [0.29, 0.717) is 21.8 Å². The molecule has 266 valence electrons. The molecule has 0 aromatic heterocycles. The Kier molecular flexibility index (Phi) is 8.26. The van der Waals surface area contributed by atoms with Gasteiger partial charge in [-0.1, -0.05) is 83.9 Å². The van der Waals surface area contributed by atoms with Gasteiger partial charge in [0.25, 0.3) is 5.69 Å². The summed E-state index contributed by atoms with van der Waals surface area (Å²) < 4.78 is 5.34. The van der Waals surface area contributed by atoms with E-state index in [9.17, 15) is 29.6 Å². The number of non-ortho nitro benzene ring substituents is 1. The van der Waals surface area contributed by atoms with Crippen molar-refractivity contribution in [2.45, 2.75) is 18.3 Å². The van der Waals surface area contributed by atoms with Gasteiger partial charge in [-0.15, -0.1) is 0 Å². The molecule has 3 fully saturated rings. The van der Waals surface area contributed by atoms with Gasteiger partial charge < -0.3 is 9.84 Å². The van der Waals surface area contributed by atoms with Crippen LogP contribution in [0.2, 0.25) is 5.02 Å². The van der Waals surface area contributed by atoms with Crippen LogP contribution in [0.25, 0.3) is 6.08 Å². The normalized spacial score (nSPS) is 26.4. The van der Waals surface area contributed by atoms with Gasteiger partial charge in [0, 0.05) is 23.1 Å². The molecule has 4 aromatic rings. The highest BCUT2D eigenvalue weighted by atomic mass is 35.5. The van der Waals surface area contributed by atoms with Crippen LogP contribution in [-0.2, 0) is 24.6 Å². The van der Waals surface area contributed by atoms with Crippen LogP contribution in [-0.4, -0.2) is 40.8 Å².